The number of azo groups is 1. The Balaban J connectivity index is 1.93. The Hall–Kier alpha value is -4.08. The van der Waals surface area contributed by atoms with Gasteiger partial charge in [-0.25, -0.2) is 0 Å². The molecule has 0 bridgehead atoms. The van der Waals surface area contributed by atoms with Gasteiger partial charge in [-0.2, -0.15) is 0 Å². The number of nitro groups is 1. The molecule has 3 rings (SSSR count). The molecular weight excluding hydrogens is 402 g/mol. The predicted octanol–water partition coefficient (Wildman–Crippen LogP) is 4.05. The summed E-state index contributed by atoms with van der Waals surface area (Å²) in [6.45, 7) is 4.76. The van der Waals surface area contributed by atoms with Gasteiger partial charge < -0.3 is 14.6 Å². The summed E-state index contributed by atoms with van der Waals surface area (Å²) < 4.78 is 1.43. The number of nitrogens with zero attached hydrogens (tertiary/aromatic N) is 5. The van der Waals surface area contributed by atoms with E-state index in [9.17, 15) is 24.8 Å². The first-order valence-corrected chi connectivity index (χ1v) is 9.65. The van der Waals surface area contributed by atoms with Crippen LogP contribution in [0.2, 0.25) is 0 Å². The second kappa shape index (κ2) is 9.16. The Labute approximate surface area is 177 Å². The van der Waals surface area contributed by atoms with Crippen molar-refractivity contribution >= 4 is 34.1 Å². The molecule has 0 aliphatic carbocycles. The molecule has 0 saturated heterocycles. The Morgan fingerprint density at radius 1 is 1.10 bits per heavy atom. The Bertz CT molecular complexity index is 1160. The number of non-ortho nitro benzene ring substituents is 1. The Kier molecular flexibility index (Phi) is 6.39. The topological polar surface area (TPSA) is 130 Å². The molecule has 0 atom stereocenters. The molecule has 2 aromatic carbocycles. The van der Waals surface area contributed by atoms with Gasteiger partial charge in [0.25, 0.3) is 11.6 Å². The number of nitro benzene ring substituents is 1. The number of benzene rings is 2. The van der Waals surface area contributed by atoms with Gasteiger partial charge in [0.1, 0.15) is 6.54 Å². The van der Waals surface area contributed by atoms with E-state index in [0.29, 0.717) is 24.0 Å². The van der Waals surface area contributed by atoms with Crippen LogP contribution < -0.4 is 0 Å². The number of likely N-dealkylation sites (N-methyl/N-ethyl adjacent to an activating group) is 1. The van der Waals surface area contributed by atoms with Gasteiger partial charge in [-0.1, -0.05) is 18.2 Å². The number of hydrogen-bond acceptors (Lipinski definition) is 6. The lowest BCUT2D eigenvalue weighted by atomic mass is 10.2. The number of amides is 2. The van der Waals surface area contributed by atoms with Gasteiger partial charge in [-0.05, 0) is 32.0 Å². The second-order valence-electron chi connectivity index (χ2n) is 6.65. The molecule has 160 valence electrons. The first-order chi connectivity index (χ1) is 14.9. The predicted molar refractivity (Wildman–Crippen MR) is 113 cm³/mol. The van der Waals surface area contributed by atoms with E-state index in [0.717, 1.165) is 0 Å². The summed E-state index contributed by atoms with van der Waals surface area (Å²) in [5.41, 5.74) is 0.622. The van der Waals surface area contributed by atoms with Crippen molar-refractivity contribution in [3.05, 3.63) is 64.2 Å². The third kappa shape index (κ3) is 4.42. The maximum absolute atomic E-state index is 12.5. The Morgan fingerprint density at radius 3 is 2.35 bits per heavy atom. The van der Waals surface area contributed by atoms with Crippen LogP contribution in [0.25, 0.3) is 10.9 Å². The van der Waals surface area contributed by atoms with Crippen molar-refractivity contribution in [2.24, 2.45) is 10.2 Å². The van der Waals surface area contributed by atoms with Gasteiger partial charge in [0.05, 0.1) is 10.4 Å². The van der Waals surface area contributed by atoms with Crippen molar-refractivity contribution in [2.75, 3.05) is 13.1 Å². The molecule has 1 heterocycles. The molecule has 0 aliphatic rings. The zero-order valence-corrected chi connectivity index (χ0v) is 17.1. The van der Waals surface area contributed by atoms with E-state index in [1.807, 2.05) is 13.8 Å². The first-order valence-electron chi connectivity index (χ1n) is 9.65. The number of carbonyl (C=O) groups excluding carboxylic acids is 2. The maximum atomic E-state index is 12.5. The normalized spacial score (nSPS) is 11.2. The summed E-state index contributed by atoms with van der Waals surface area (Å²) in [6, 6.07) is 11.9. The number of para-hydroxylation sites is 1. The SMILES string of the molecule is CCN(CC)C(=O)Cn1c(O)c(N=NC(=O)c2ccc([N+](=O)[O-])cc2)c2ccccc21. The summed E-state index contributed by atoms with van der Waals surface area (Å²) in [4.78, 5) is 36.7. The highest BCUT2D eigenvalue weighted by atomic mass is 16.6. The average Bonchev–Trinajstić information content (AvgIpc) is 3.04. The van der Waals surface area contributed by atoms with Gasteiger partial charge in [0.15, 0.2) is 5.69 Å². The Morgan fingerprint density at radius 2 is 1.74 bits per heavy atom. The molecule has 0 fully saturated rings. The molecule has 10 heteroatoms. The van der Waals surface area contributed by atoms with Crippen molar-refractivity contribution in [1.29, 1.82) is 0 Å². The minimum atomic E-state index is -0.717. The van der Waals surface area contributed by atoms with Crippen LogP contribution in [0.4, 0.5) is 11.4 Å². The molecule has 3 aromatic rings. The largest absolute Gasteiger partial charge is 0.493 e. The molecule has 10 nitrogen and oxygen atoms in total. The summed E-state index contributed by atoms with van der Waals surface area (Å²) in [7, 11) is 0. The minimum absolute atomic E-state index is 0.0678. The van der Waals surface area contributed by atoms with E-state index >= 15 is 0 Å². The number of aromatic hydroxyl groups is 1. The highest BCUT2D eigenvalue weighted by Crippen LogP contribution is 2.38. The molecule has 2 amide bonds. The van der Waals surface area contributed by atoms with Crippen LogP contribution in [0.3, 0.4) is 0 Å². The van der Waals surface area contributed by atoms with Gasteiger partial charge in [-0.15, -0.1) is 10.2 Å². The van der Waals surface area contributed by atoms with Gasteiger partial charge >= 0.3 is 0 Å². The van der Waals surface area contributed by atoms with E-state index in [1.165, 1.54) is 28.8 Å². The average molecular weight is 423 g/mol. The number of aromatic nitrogens is 1. The van der Waals surface area contributed by atoms with Crippen LogP contribution in [-0.4, -0.2) is 44.4 Å². The molecular formula is C21H21N5O5. The summed E-state index contributed by atoms with van der Waals surface area (Å²) in [6.07, 6.45) is 0. The maximum Gasteiger partial charge on any atom is 0.295 e. The van der Waals surface area contributed by atoms with Gasteiger partial charge in [-0.3, -0.25) is 19.7 Å². The monoisotopic (exact) mass is 423 g/mol. The molecule has 0 unspecified atom stereocenters. The van der Waals surface area contributed by atoms with Crippen molar-refractivity contribution < 1.29 is 19.6 Å². The van der Waals surface area contributed by atoms with Crippen LogP contribution in [0.5, 0.6) is 5.88 Å². The van der Waals surface area contributed by atoms with Crippen molar-refractivity contribution in [3.8, 4) is 5.88 Å². The van der Waals surface area contributed by atoms with E-state index in [1.54, 1.807) is 29.2 Å². The minimum Gasteiger partial charge on any atom is -0.493 e. The van der Waals surface area contributed by atoms with E-state index in [-0.39, 0.29) is 35.3 Å². The molecule has 1 N–H and O–H groups in total. The third-order valence-electron chi connectivity index (χ3n) is 4.89. The van der Waals surface area contributed by atoms with Crippen LogP contribution >= 0.6 is 0 Å². The lowest BCUT2D eigenvalue weighted by Crippen LogP contribution is -2.33. The highest BCUT2D eigenvalue weighted by Gasteiger charge is 2.20. The molecule has 0 radical (unpaired) electrons. The van der Waals surface area contributed by atoms with Crippen molar-refractivity contribution in [3.63, 3.8) is 0 Å². The lowest BCUT2D eigenvalue weighted by molar-refractivity contribution is -0.384. The molecule has 31 heavy (non-hydrogen) atoms. The van der Waals surface area contributed by atoms with E-state index < -0.39 is 10.8 Å². The van der Waals surface area contributed by atoms with Crippen LogP contribution in [-0.2, 0) is 11.3 Å². The number of rotatable bonds is 7. The zero-order chi connectivity index (χ0) is 22.5. The summed E-state index contributed by atoms with van der Waals surface area (Å²) >= 11 is 0. The smallest absolute Gasteiger partial charge is 0.295 e. The molecule has 1 aromatic heterocycles. The summed E-state index contributed by atoms with van der Waals surface area (Å²) in [5.74, 6) is -1.15. The highest BCUT2D eigenvalue weighted by molar-refractivity contribution is 5.98. The second-order valence-corrected chi connectivity index (χ2v) is 6.65. The van der Waals surface area contributed by atoms with Gasteiger partial charge in [0.2, 0.25) is 11.8 Å². The van der Waals surface area contributed by atoms with Crippen molar-refractivity contribution in [2.45, 2.75) is 20.4 Å². The first kappa shape index (κ1) is 21.6. The fraction of sp³-hybridized carbons (Fsp3) is 0.238. The molecule has 0 aliphatic heterocycles. The zero-order valence-electron chi connectivity index (χ0n) is 17.1. The van der Waals surface area contributed by atoms with Gasteiger partial charge in [0, 0.05) is 36.2 Å². The van der Waals surface area contributed by atoms with Crippen LogP contribution in [0.1, 0.15) is 24.2 Å². The standard InChI is InChI=1S/C21H21N5O5/c1-3-24(4-2)18(27)13-25-17-8-6-5-7-16(17)19(21(25)29)22-23-20(28)14-9-11-15(12-10-14)26(30)31/h5-12,29H,3-4,13H2,1-2H3. The third-order valence-corrected chi connectivity index (χ3v) is 4.89. The van der Waals surface area contributed by atoms with E-state index in [4.69, 9.17) is 0 Å². The molecule has 0 saturated carbocycles. The number of carbonyl (C=O) groups is 2. The quantitative estimate of drug-likeness (QED) is 0.348. The number of fused-ring (bicyclic) bond motifs is 1. The molecule has 0 spiro atoms. The van der Waals surface area contributed by atoms with Crippen molar-refractivity contribution in [1.82, 2.24) is 9.47 Å². The van der Waals surface area contributed by atoms with Crippen LogP contribution in [0, 0.1) is 10.1 Å². The number of hydrogen-bond donors (Lipinski definition) is 1. The van der Waals surface area contributed by atoms with E-state index in [2.05, 4.69) is 10.2 Å². The fourth-order valence-corrected chi connectivity index (χ4v) is 3.22. The fourth-order valence-electron chi connectivity index (χ4n) is 3.22. The lowest BCUT2D eigenvalue weighted by Gasteiger charge is -2.19. The van der Waals surface area contributed by atoms with Crippen LogP contribution in [0.15, 0.2) is 58.8 Å². The summed E-state index contributed by atoms with van der Waals surface area (Å²) in [5, 5.41) is 29.6.